The van der Waals surface area contributed by atoms with Gasteiger partial charge in [-0.05, 0) is 98.3 Å². The summed E-state index contributed by atoms with van der Waals surface area (Å²) in [5.41, 5.74) is 9.34. The van der Waals surface area contributed by atoms with Gasteiger partial charge in [0, 0.05) is 44.5 Å². The Bertz CT molecular complexity index is 2330. The number of hydrogen-bond donors (Lipinski definition) is 0. The van der Waals surface area contributed by atoms with Crippen LogP contribution in [0.15, 0.2) is 103 Å². The second-order valence-corrected chi connectivity index (χ2v) is 12.8. The lowest BCUT2D eigenvalue weighted by molar-refractivity contribution is 0.478. The topological polar surface area (TPSA) is 44.9 Å². The van der Waals surface area contributed by atoms with Gasteiger partial charge in [0.1, 0.15) is 17.3 Å². The first-order chi connectivity index (χ1) is 22.8. The van der Waals surface area contributed by atoms with Gasteiger partial charge in [0.2, 0.25) is 0 Å². The van der Waals surface area contributed by atoms with Crippen LogP contribution in [0.1, 0.15) is 53.0 Å². The minimum absolute atomic E-state index is 0.139. The number of hydrogen-bond acceptors (Lipinski definition) is 3. The van der Waals surface area contributed by atoms with Gasteiger partial charge in [-0.15, -0.1) is 0 Å². The first-order valence-corrected chi connectivity index (χ1v) is 15.2. The predicted molar refractivity (Wildman–Crippen MR) is 185 cm³/mol. The minimum Gasteiger partial charge on any atom is -0.457 e. The van der Waals surface area contributed by atoms with Crippen molar-refractivity contribution >= 4 is 21.8 Å². The molecular weight excluding hydrogens is 552 g/mol. The number of pyridine rings is 1. The van der Waals surface area contributed by atoms with Crippen LogP contribution in [0.3, 0.4) is 0 Å². The number of rotatable bonds is 5. The van der Waals surface area contributed by atoms with Crippen LogP contribution >= 0.6 is 0 Å². The SMILES string of the molecule is [2H]C([2H])([2H])c1ccc2c(c1)c1ccc(Oc3cc(-n4nc(C)c(-c5ccccc5)c4C)cc(C(C)(C)C)c3)cc1n2-c1cc(C)ccn1. The minimum atomic E-state index is -2.21. The molecule has 3 heterocycles. The fraction of sp³-hybridized carbons (Fsp3) is 0.200. The monoisotopic (exact) mass is 593 g/mol. The van der Waals surface area contributed by atoms with E-state index in [1.54, 1.807) is 18.3 Å². The maximum Gasteiger partial charge on any atom is 0.137 e. The quantitative estimate of drug-likeness (QED) is 0.199. The molecule has 0 unspecified atom stereocenters. The van der Waals surface area contributed by atoms with Crippen molar-refractivity contribution in [2.45, 2.75) is 53.8 Å². The molecule has 3 aromatic heterocycles. The smallest absolute Gasteiger partial charge is 0.137 e. The Morgan fingerprint density at radius 1 is 0.733 bits per heavy atom. The molecule has 7 rings (SSSR count). The Hall–Kier alpha value is -5.16. The van der Waals surface area contributed by atoms with Crippen molar-refractivity contribution in [2.75, 3.05) is 0 Å². The van der Waals surface area contributed by atoms with Gasteiger partial charge >= 0.3 is 0 Å². The van der Waals surface area contributed by atoms with Crippen molar-refractivity contribution in [2.24, 2.45) is 0 Å². The maximum absolute atomic E-state index is 8.01. The molecule has 4 aromatic carbocycles. The summed E-state index contributed by atoms with van der Waals surface area (Å²) in [7, 11) is 0. The lowest BCUT2D eigenvalue weighted by Gasteiger charge is -2.22. The Morgan fingerprint density at radius 2 is 1.56 bits per heavy atom. The van der Waals surface area contributed by atoms with Gasteiger partial charge in [-0.25, -0.2) is 9.67 Å². The van der Waals surface area contributed by atoms with Crippen LogP contribution in [0.2, 0.25) is 0 Å². The summed E-state index contributed by atoms with van der Waals surface area (Å²) in [4.78, 5) is 4.69. The highest BCUT2D eigenvalue weighted by atomic mass is 16.5. The summed E-state index contributed by atoms with van der Waals surface area (Å²) in [5, 5.41) is 6.75. The van der Waals surface area contributed by atoms with Crippen LogP contribution in [0.4, 0.5) is 0 Å². The molecule has 0 aliphatic heterocycles. The number of aryl methyl sites for hydroxylation is 3. The zero-order chi connectivity index (χ0) is 34.0. The summed E-state index contributed by atoms with van der Waals surface area (Å²) >= 11 is 0. The van der Waals surface area contributed by atoms with Gasteiger partial charge in [0.25, 0.3) is 0 Å². The fourth-order valence-corrected chi connectivity index (χ4v) is 6.20. The third-order valence-corrected chi connectivity index (χ3v) is 8.46. The van der Waals surface area contributed by atoms with E-state index in [0.29, 0.717) is 17.1 Å². The number of aromatic nitrogens is 4. The largest absolute Gasteiger partial charge is 0.457 e. The van der Waals surface area contributed by atoms with Crippen LogP contribution in [-0.4, -0.2) is 19.3 Å². The van der Waals surface area contributed by atoms with E-state index in [4.69, 9.17) is 18.9 Å². The molecule has 5 heteroatoms. The number of ether oxygens (including phenoxy) is 1. The maximum atomic E-state index is 8.01. The summed E-state index contributed by atoms with van der Waals surface area (Å²) in [5.74, 6) is 2.11. The van der Waals surface area contributed by atoms with Gasteiger partial charge in [0.05, 0.1) is 22.4 Å². The highest BCUT2D eigenvalue weighted by molar-refractivity contribution is 6.09. The zero-order valence-corrected chi connectivity index (χ0v) is 26.5. The molecule has 0 spiro atoms. The van der Waals surface area contributed by atoms with E-state index in [-0.39, 0.29) is 5.41 Å². The van der Waals surface area contributed by atoms with Crippen molar-refractivity contribution in [1.82, 2.24) is 19.3 Å². The zero-order valence-electron chi connectivity index (χ0n) is 29.5. The van der Waals surface area contributed by atoms with E-state index in [1.807, 2.05) is 60.1 Å². The second kappa shape index (κ2) is 10.8. The predicted octanol–water partition coefficient (Wildman–Crippen LogP) is 10.4. The molecule has 0 fully saturated rings. The summed E-state index contributed by atoms with van der Waals surface area (Å²) in [6, 6.07) is 32.0. The molecule has 5 nitrogen and oxygen atoms in total. The summed E-state index contributed by atoms with van der Waals surface area (Å²) in [6.07, 6.45) is 1.79. The van der Waals surface area contributed by atoms with E-state index in [0.717, 1.165) is 67.0 Å². The molecular formula is C40H38N4O. The van der Waals surface area contributed by atoms with Gasteiger partial charge in [-0.2, -0.15) is 5.10 Å². The molecule has 0 bridgehead atoms. The van der Waals surface area contributed by atoms with E-state index in [2.05, 4.69) is 75.6 Å². The van der Waals surface area contributed by atoms with Crippen LogP contribution in [-0.2, 0) is 5.41 Å². The van der Waals surface area contributed by atoms with Gasteiger partial charge in [-0.3, -0.25) is 4.57 Å². The van der Waals surface area contributed by atoms with E-state index >= 15 is 0 Å². The molecule has 224 valence electrons. The molecule has 0 radical (unpaired) electrons. The highest BCUT2D eigenvalue weighted by Crippen LogP contribution is 2.38. The second-order valence-electron chi connectivity index (χ2n) is 12.8. The highest BCUT2D eigenvalue weighted by Gasteiger charge is 2.21. The van der Waals surface area contributed by atoms with E-state index < -0.39 is 6.85 Å². The normalized spacial score (nSPS) is 13.2. The number of benzene rings is 4. The van der Waals surface area contributed by atoms with Crippen molar-refractivity contribution in [1.29, 1.82) is 0 Å². The Balaban J connectivity index is 1.37. The van der Waals surface area contributed by atoms with Crippen LogP contribution in [0, 0.1) is 27.6 Å². The third-order valence-electron chi connectivity index (χ3n) is 8.46. The van der Waals surface area contributed by atoms with Gasteiger partial charge < -0.3 is 4.74 Å². The summed E-state index contributed by atoms with van der Waals surface area (Å²) in [6.45, 7) is 10.6. The number of fused-ring (bicyclic) bond motifs is 3. The van der Waals surface area contributed by atoms with Crippen LogP contribution in [0.25, 0.3) is 44.4 Å². The molecule has 0 aliphatic rings. The third kappa shape index (κ3) is 5.18. The van der Waals surface area contributed by atoms with E-state index in [9.17, 15) is 0 Å². The lowest BCUT2D eigenvalue weighted by atomic mass is 9.86. The molecule has 0 saturated heterocycles. The first-order valence-electron chi connectivity index (χ1n) is 16.7. The Labute approximate surface area is 269 Å². The van der Waals surface area contributed by atoms with Gasteiger partial charge in [-0.1, -0.05) is 62.7 Å². The molecule has 0 amide bonds. The fourth-order valence-electron chi connectivity index (χ4n) is 6.20. The molecule has 45 heavy (non-hydrogen) atoms. The van der Waals surface area contributed by atoms with Gasteiger partial charge in [0.15, 0.2) is 0 Å². The van der Waals surface area contributed by atoms with Crippen LogP contribution in [0.5, 0.6) is 11.5 Å². The van der Waals surface area contributed by atoms with Crippen molar-refractivity contribution < 1.29 is 8.85 Å². The van der Waals surface area contributed by atoms with Crippen molar-refractivity contribution in [3.63, 3.8) is 0 Å². The molecule has 7 aromatic rings. The first kappa shape index (κ1) is 25.2. The average molecular weight is 594 g/mol. The Morgan fingerprint density at radius 3 is 2.31 bits per heavy atom. The van der Waals surface area contributed by atoms with Crippen molar-refractivity contribution in [3.05, 3.63) is 131 Å². The molecule has 0 N–H and O–H groups in total. The van der Waals surface area contributed by atoms with E-state index in [1.165, 1.54) is 0 Å². The van der Waals surface area contributed by atoms with Crippen LogP contribution < -0.4 is 4.74 Å². The molecule has 0 aliphatic carbocycles. The molecule has 0 atom stereocenters. The standard InChI is InChI=1S/C40H38N4O/c1-25-13-16-36-35(19-25)34-15-14-32(24-37(34)43(36)38-20-26(2)17-18-41-38)45-33-22-30(40(5,6)7)21-31(23-33)44-28(4)39(27(3)42-44)29-11-9-8-10-12-29/h8-24H,1-7H3/i1D3. The van der Waals surface area contributed by atoms with Crippen molar-refractivity contribution in [3.8, 4) is 34.1 Å². The Kier molecular flexibility index (Phi) is 6.03. The summed E-state index contributed by atoms with van der Waals surface area (Å²) < 4.78 is 34.8. The number of nitrogens with zero attached hydrogens (tertiary/aromatic N) is 4. The average Bonchev–Trinajstić information content (AvgIpc) is 3.52. The lowest BCUT2D eigenvalue weighted by Crippen LogP contribution is -2.12. The molecule has 0 saturated carbocycles.